The number of primary amides is 1. The van der Waals surface area contributed by atoms with Gasteiger partial charge < -0.3 is 10.5 Å². The van der Waals surface area contributed by atoms with E-state index in [2.05, 4.69) is 25.1 Å². The third-order valence-electron chi connectivity index (χ3n) is 3.01. The third-order valence-corrected chi connectivity index (χ3v) is 3.01. The van der Waals surface area contributed by atoms with Crippen LogP contribution in [0.1, 0.15) is 18.1 Å². The fraction of sp³-hybridized carbons (Fsp3) is 0.500. The van der Waals surface area contributed by atoms with Crippen molar-refractivity contribution in [1.82, 2.24) is 4.90 Å². The molecule has 0 aromatic heterocycles. The van der Waals surface area contributed by atoms with Gasteiger partial charge in [-0.2, -0.15) is 0 Å². The number of nitrogens with two attached hydrogens (primary N) is 1. The Hall–Kier alpha value is -1.39. The average Bonchev–Trinajstić information content (AvgIpc) is 2.33. The smallest absolute Gasteiger partial charge is 0.234 e. The van der Waals surface area contributed by atoms with Crippen LogP contribution in [0, 0.1) is 6.92 Å². The van der Waals surface area contributed by atoms with E-state index in [9.17, 15) is 4.79 Å². The van der Waals surface area contributed by atoms with Gasteiger partial charge in [-0.25, -0.2) is 0 Å². The second-order valence-corrected chi connectivity index (χ2v) is 4.53. The lowest BCUT2D eigenvalue weighted by molar-refractivity contribution is -0.123. The minimum atomic E-state index is -0.307. The Kier molecular flexibility index (Phi) is 5.82. The fourth-order valence-electron chi connectivity index (χ4n) is 1.84. The molecule has 18 heavy (non-hydrogen) atoms. The molecule has 0 radical (unpaired) electrons. The predicted molar refractivity (Wildman–Crippen MR) is 72.1 cm³/mol. The highest BCUT2D eigenvalue weighted by atomic mass is 16.5. The number of amides is 1. The Morgan fingerprint density at radius 1 is 1.50 bits per heavy atom. The van der Waals surface area contributed by atoms with Crippen LogP contribution in [0.2, 0.25) is 0 Å². The first-order valence-corrected chi connectivity index (χ1v) is 6.12. The number of rotatable bonds is 7. The standard InChI is InChI=1S/C14H22N2O2/c1-11-5-4-6-13(9-11)10-16(7-8-18-3)12(2)14(15)17/h4-6,9,12H,7-8,10H2,1-3H3,(H2,15,17). The van der Waals surface area contributed by atoms with Crippen LogP contribution in [0.15, 0.2) is 24.3 Å². The zero-order valence-corrected chi connectivity index (χ0v) is 11.3. The lowest BCUT2D eigenvalue weighted by Gasteiger charge is -2.26. The third kappa shape index (κ3) is 4.47. The number of hydrogen-bond acceptors (Lipinski definition) is 3. The molecule has 0 fully saturated rings. The first-order valence-electron chi connectivity index (χ1n) is 6.12. The maximum absolute atomic E-state index is 11.3. The maximum atomic E-state index is 11.3. The van der Waals surface area contributed by atoms with Crippen LogP contribution in [0.3, 0.4) is 0 Å². The number of hydrogen-bond donors (Lipinski definition) is 1. The van der Waals surface area contributed by atoms with E-state index in [1.807, 2.05) is 17.9 Å². The molecule has 1 aromatic carbocycles. The van der Waals surface area contributed by atoms with E-state index < -0.39 is 0 Å². The van der Waals surface area contributed by atoms with Gasteiger partial charge in [0.1, 0.15) is 0 Å². The van der Waals surface area contributed by atoms with Crippen LogP contribution in [0.25, 0.3) is 0 Å². The Bertz CT molecular complexity index is 393. The zero-order chi connectivity index (χ0) is 13.5. The molecule has 0 heterocycles. The van der Waals surface area contributed by atoms with Crippen molar-refractivity contribution in [3.63, 3.8) is 0 Å². The van der Waals surface area contributed by atoms with Gasteiger partial charge in [0, 0.05) is 20.2 Å². The molecule has 1 amide bonds. The van der Waals surface area contributed by atoms with Gasteiger partial charge in [-0.3, -0.25) is 9.69 Å². The summed E-state index contributed by atoms with van der Waals surface area (Å²) in [5, 5.41) is 0. The van der Waals surface area contributed by atoms with Crippen molar-refractivity contribution in [3.8, 4) is 0 Å². The fourth-order valence-corrected chi connectivity index (χ4v) is 1.84. The monoisotopic (exact) mass is 250 g/mol. The highest BCUT2D eigenvalue weighted by Crippen LogP contribution is 2.10. The molecule has 0 saturated heterocycles. The lowest BCUT2D eigenvalue weighted by atomic mass is 10.1. The van der Waals surface area contributed by atoms with E-state index >= 15 is 0 Å². The number of methoxy groups -OCH3 is 1. The Balaban J connectivity index is 2.74. The molecule has 0 aliphatic rings. The van der Waals surface area contributed by atoms with Crippen molar-refractivity contribution < 1.29 is 9.53 Å². The van der Waals surface area contributed by atoms with Crippen molar-refractivity contribution >= 4 is 5.91 Å². The van der Waals surface area contributed by atoms with Crippen molar-refractivity contribution in [3.05, 3.63) is 35.4 Å². The molecule has 0 saturated carbocycles. The molecule has 0 spiro atoms. The molecule has 1 atom stereocenters. The highest BCUT2D eigenvalue weighted by molar-refractivity contribution is 5.79. The largest absolute Gasteiger partial charge is 0.383 e. The number of carbonyl (C=O) groups excluding carboxylic acids is 1. The minimum Gasteiger partial charge on any atom is -0.383 e. The second-order valence-electron chi connectivity index (χ2n) is 4.53. The maximum Gasteiger partial charge on any atom is 0.234 e. The van der Waals surface area contributed by atoms with Gasteiger partial charge in [0.15, 0.2) is 0 Å². The molecular weight excluding hydrogens is 228 g/mol. The van der Waals surface area contributed by atoms with E-state index in [1.54, 1.807) is 7.11 Å². The lowest BCUT2D eigenvalue weighted by Crippen LogP contribution is -2.43. The summed E-state index contributed by atoms with van der Waals surface area (Å²) in [6, 6.07) is 7.96. The molecule has 4 heteroatoms. The van der Waals surface area contributed by atoms with Gasteiger partial charge in [0.2, 0.25) is 5.91 Å². The Morgan fingerprint density at radius 2 is 2.22 bits per heavy atom. The van der Waals surface area contributed by atoms with Crippen LogP contribution in [-0.4, -0.2) is 37.1 Å². The number of carbonyl (C=O) groups is 1. The zero-order valence-electron chi connectivity index (χ0n) is 11.3. The van der Waals surface area contributed by atoms with Crippen LogP contribution < -0.4 is 5.73 Å². The van der Waals surface area contributed by atoms with E-state index in [-0.39, 0.29) is 11.9 Å². The molecule has 0 bridgehead atoms. The molecule has 0 aliphatic carbocycles. The summed E-state index contributed by atoms with van der Waals surface area (Å²) in [6.07, 6.45) is 0. The van der Waals surface area contributed by atoms with Gasteiger partial charge in [-0.05, 0) is 19.4 Å². The first kappa shape index (κ1) is 14.7. The Labute approximate surface area is 109 Å². The second kappa shape index (κ2) is 7.13. The van der Waals surface area contributed by atoms with Crippen molar-refractivity contribution in [2.24, 2.45) is 5.73 Å². The first-order chi connectivity index (χ1) is 8.54. The van der Waals surface area contributed by atoms with Crippen molar-refractivity contribution in [2.75, 3.05) is 20.3 Å². The summed E-state index contributed by atoms with van der Waals surface area (Å²) in [4.78, 5) is 13.3. The summed E-state index contributed by atoms with van der Waals surface area (Å²) in [6.45, 7) is 5.86. The normalized spacial score (nSPS) is 12.7. The molecule has 1 unspecified atom stereocenters. The van der Waals surface area contributed by atoms with Gasteiger partial charge in [0.05, 0.1) is 12.6 Å². The molecule has 4 nitrogen and oxygen atoms in total. The molecular formula is C14H22N2O2. The SMILES string of the molecule is COCCN(Cc1cccc(C)c1)C(C)C(N)=O. The Morgan fingerprint density at radius 3 is 2.78 bits per heavy atom. The summed E-state index contributed by atoms with van der Waals surface area (Å²) >= 11 is 0. The number of aryl methyl sites for hydroxylation is 1. The van der Waals surface area contributed by atoms with Gasteiger partial charge in [0.25, 0.3) is 0 Å². The van der Waals surface area contributed by atoms with E-state index in [4.69, 9.17) is 10.5 Å². The van der Waals surface area contributed by atoms with Crippen LogP contribution in [0.4, 0.5) is 0 Å². The van der Waals surface area contributed by atoms with Crippen LogP contribution in [-0.2, 0) is 16.1 Å². The quantitative estimate of drug-likeness (QED) is 0.794. The van der Waals surface area contributed by atoms with Crippen LogP contribution >= 0.6 is 0 Å². The number of benzene rings is 1. The molecule has 100 valence electrons. The number of nitrogens with zero attached hydrogens (tertiary/aromatic N) is 1. The number of ether oxygens (including phenoxy) is 1. The summed E-state index contributed by atoms with van der Waals surface area (Å²) in [5.41, 5.74) is 7.76. The van der Waals surface area contributed by atoms with Gasteiger partial charge in [-0.15, -0.1) is 0 Å². The minimum absolute atomic E-state index is 0.291. The molecule has 2 N–H and O–H groups in total. The summed E-state index contributed by atoms with van der Waals surface area (Å²) in [7, 11) is 1.65. The van der Waals surface area contributed by atoms with E-state index in [0.29, 0.717) is 19.7 Å². The van der Waals surface area contributed by atoms with Crippen molar-refractivity contribution in [1.29, 1.82) is 0 Å². The molecule has 1 rings (SSSR count). The molecule has 1 aromatic rings. The summed E-state index contributed by atoms with van der Waals surface area (Å²) in [5.74, 6) is -0.307. The van der Waals surface area contributed by atoms with Crippen molar-refractivity contribution in [2.45, 2.75) is 26.4 Å². The summed E-state index contributed by atoms with van der Waals surface area (Å²) < 4.78 is 5.07. The highest BCUT2D eigenvalue weighted by Gasteiger charge is 2.18. The van der Waals surface area contributed by atoms with Gasteiger partial charge in [-0.1, -0.05) is 29.8 Å². The average molecular weight is 250 g/mol. The molecule has 0 aliphatic heterocycles. The predicted octanol–water partition coefficient (Wildman–Crippen LogP) is 1.32. The van der Waals surface area contributed by atoms with Gasteiger partial charge >= 0.3 is 0 Å². The topological polar surface area (TPSA) is 55.6 Å². The van der Waals surface area contributed by atoms with E-state index in [0.717, 1.165) is 0 Å². The van der Waals surface area contributed by atoms with E-state index in [1.165, 1.54) is 11.1 Å². The van der Waals surface area contributed by atoms with Crippen LogP contribution in [0.5, 0.6) is 0 Å².